The minimum Gasteiger partial charge on any atom is -0.490 e. The van der Waals surface area contributed by atoms with Crippen LogP contribution in [0, 0.1) is 6.92 Å². The molecule has 0 saturated carbocycles. The summed E-state index contributed by atoms with van der Waals surface area (Å²) in [7, 11) is 0. The lowest BCUT2D eigenvalue weighted by Gasteiger charge is -2.07. The third-order valence-corrected chi connectivity index (χ3v) is 2.69. The van der Waals surface area contributed by atoms with Gasteiger partial charge in [-0.2, -0.15) is 0 Å². The molecule has 1 N–H and O–H groups in total. The van der Waals surface area contributed by atoms with E-state index in [1.807, 2.05) is 31.2 Å². The van der Waals surface area contributed by atoms with Crippen LogP contribution in [-0.4, -0.2) is 17.7 Å². The normalized spacial score (nSPS) is 10.5. The highest BCUT2D eigenvalue weighted by atomic mass is 16.5. The van der Waals surface area contributed by atoms with Gasteiger partial charge in [0.1, 0.15) is 23.9 Å². The van der Waals surface area contributed by atoms with Gasteiger partial charge in [0.05, 0.1) is 0 Å². The molecule has 108 valence electrons. The van der Waals surface area contributed by atoms with Crippen molar-refractivity contribution in [2.45, 2.75) is 6.92 Å². The Morgan fingerprint density at radius 3 is 2.10 bits per heavy atom. The molecular formula is C17H16O4. The maximum Gasteiger partial charge on any atom is 0.328 e. The fourth-order valence-corrected chi connectivity index (χ4v) is 1.64. The molecular weight excluding hydrogens is 268 g/mol. The molecule has 0 radical (unpaired) electrons. The quantitative estimate of drug-likeness (QED) is 0.820. The SMILES string of the molecule is Cc1ccc(Oc2ccc(OCC=CC(=O)O)cc2)cc1. The van der Waals surface area contributed by atoms with Crippen LogP contribution in [0.25, 0.3) is 0 Å². The molecule has 2 aromatic rings. The summed E-state index contributed by atoms with van der Waals surface area (Å²) >= 11 is 0. The maximum absolute atomic E-state index is 10.3. The largest absolute Gasteiger partial charge is 0.490 e. The Balaban J connectivity index is 1.89. The van der Waals surface area contributed by atoms with Crippen molar-refractivity contribution in [3.05, 3.63) is 66.2 Å². The molecule has 0 bridgehead atoms. The van der Waals surface area contributed by atoms with Gasteiger partial charge in [-0.3, -0.25) is 0 Å². The molecule has 21 heavy (non-hydrogen) atoms. The van der Waals surface area contributed by atoms with E-state index in [-0.39, 0.29) is 6.61 Å². The van der Waals surface area contributed by atoms with E-state index in [0.29, 0.717) is 11.5 Å². The van der Waals surface area contributed by atoms with Crippen LogP contribution in [0.2, 0.25) is 0 Å². The van der Waals surface area contributed by atoms with Crippen LogP contribution in [0.1, 0.15) is 5.56 Å². The predicted molar refractivity (Wildman–Crippen MR) is 80.0 cm³/mol. The first-order chi connectivity index (χ1) is 10.1. The van der Waals surface area contributed by atoms with Crippen LogP contribution in [0.5, 0.6) is 17.2 Å². The number of ether oxygens (including phenoxy) is 2. The zero-order valence-electron chi connectivity index (χ0n) is 11.7. The first-order valence-electron chi connectivity index (χ1n) is 6.50. The number of carboxylic acid groups (broad SMARTS) is 1. The number of carbonyl (C=O) groups is 1. The standard InChI is InChI=1S/C17H16O4/c1-13-4-6-15(7-5-13)21-16-10-8-14(9-11-16)20-12-2-3-17(18)19/h2-11H,12H2,1H3,(H,18,19). The van der Waals surface area contributed by atoms with Crippen molar-refractivity contribution in [1.82, 2.24) is 0 Å². The van der Waals surface area contributed by atoms with E-state index in [9.17, 15) is 4.79 Å². The third kappa shape index (κ3) is 5.03. The second kappa shape index (κ2) is 7.14. The van der Waals surface area contributed by atoms with Crippen molar-refractivity contribution < 1.29 is 19.4 Å². The smallest absolute Gasteiger partial charge is 0.328 e. The zero-order valence-corrected chi connectivity index (χ0v) is 11.7. The lowest BCUT2D eigenvalue weighted by molar-refractivity contribution is -0.131. The Bertz CT molecular complexity index is 612. The molecule has 4 heteroatoms. The van der Waals surface area contributed by atoms with Crippen molar-refractivity contribution in [1.29, 1.82) is 0 Å². The molecule has 0 saturated heterocycles. The molecule has 2 aromatic carbocycles. The molecule has 0 aromatic heterocycles. The molecule has 0 aliphatic heterocycles. The van der Waals surface area contributed by atoms with E-state index in [1.54, 1.807) is 24.3 Å². The highest BCUT2D eigenvalue weighted by Crippen LogP contribution is 2.24. The van der Waals surface area contributed by atoms with Crippen LogP contribution in [-0.2, 0) is 4.79 Å². The van der Waals surface area contributed by atoms with Gasteiger partial charge in [-0.15, -0.1) is 0 Å². The highest BCUT2D eigenvalue weighted by Gasteiger charge is 1.98. The van der Waals surface area contributed by atoms with E-state index in [1.165, 1.54) is 11.6 Å². The van der Waals surface area contributed by atoms with Crippen LogP contribution in [0.15, 0.2) is 60.7 Å². The summed E-state index contributed by atoms with van der Waals surface area (Å²) in [5.41, 5.74) is 1.18. The van der Waals surface area contributed by atoms with Gasteiger partial charge in [-0.05, 0) is 49.4 Å². The second-order valence-electron chi connectivity index (χ2n) is 4.44. The lowest BCUT2D eigenvalue weighted by Crippen LogP contribution is -1.95. The number of benzene rings is 2. The van der Waals surface area contributed by atoms with Gasteiger partial charge in [-0.1, -0.05) is 17.7 Å². The van der Waals surface area contributed by atoms with Crippen molar-refractivity contribution in [3.63, 3.8) is 0 Å². The fraction of sp³-hybridized carbons (Fsp3) is 0.118. The van der Waals surface area contributed by atoms with Crippen molar-refractivity contribution >= 4 is 5.97 Å². The molecule has 0 atom stereocenters. The lowest BCUT2D eigenvalue weighted by atomic mass is 10.2. The molecule has 4 nitrogen and oxygen atoms in total. The van der Waals surface area contributed by atoms with Gasteiger partial charge >= 0.3 is 5.97 Å². The van der Waals surface area contributed by atoms with Crippen LogP contribution >= 0.6 is 0 Å². The second-order valence-corrected chi connectivity index (χ2v) is 4.44. The van der Waals surface area contributed by atoms with Crippen molar-refractivity contribution in [2.24, 2.45) is 0 Å². The van der Waals surface area contributed by atoms with Crippen molar-refractivity contribution in [3.8, 4) is 17.2 Å². The number of carboxylic acids is 1. The number of hydrogen-bond acceptors (Lipinski definition) is 3. The summed E-state index contributed by atoms with van der Waals surface area (Å²) in [5.74, 6) is 1.16. The van der Waals surface area contributed by atoms with E-state index in [2.05, 4.69) is 0 Å². The predicted octanol–water partition coefficient (Wildman–Crippen LogP) is 3.81. The summed E-state index contributed by atoms with van der Waals surface area (Å²) in [6.45, 7) is 2.24. The molecule has 0 aliphatic carbocycles. The number of hydrogen-bond donors (Lipinski definition) is 1. The van der Waals surface area contributed by atoms with Gasteiger partial charge in [0.2, 0.25) is 0 Å². The van der Waals surface area contributed by atoms with Crippen molar-refractivity contribution in [2.75, 3.05) is 6.61 Å². The minimum absolute atomic E-state index is 0.213. The Kier molecular flexibility index (Phi) is 4.99. The monoisotopic (exact) mass is 284 g/mol. The third-order valence-electron chi connectivity index (χ3n) is 2.69. The Morgan fingerprint density at radius 2 is 1.52 bits per heavy atom. The zero-order chi connectivity index (χ0) is 15.1. The average molecular weight is 284 g/mol. The Labute approximate surface area is 123 Å². The molecule has 0 aliphatic rings. The molecule has 0 heterocycles. The Morgan fingerprint density at radius 1 is 1.00 bits per heavy atom. The molecule has 0 unspecified atom stereocenters. The van der Waals surface area contributed by atoms with E-state index >= 15 is 0 Å². The summed E-state index contributed by atoms with van der Waals surface area (Å²) in [5, 5.41) is 8.45. The number of aliphatic carboxylic acids is 1. The molecule has 0 spiro atoms. The number of rotatable bonds is 6. The van der Waals surface area contributed by atoms with Gasteiger partial charge in [-0.25, -0.2) is 4.79 Å². The number of aryl methyl sites for hydroxylation is 1. The fourth-order valence-electron chi connectivity index (χ4n) is 1.64. The van der Waals surface area contributed by atoms with Gasteiger partial charge in [0.25, 0.3) is 0 Å². The minimum atomic E-state index is -0.986. The van der Waals surface area contributed by atoms with Crippen LogP contribution < -0.4 is 9.47 Å². The maximum atomic E-state index is 10.3. The van der Waals surface area contributed by atoms with E-state index < -0.39 is 5.97 Å². The summed E-state index contributed by atoms with van der Waals surface area (Å²) in [6, 6.07) is 15.0. The molecule has 2 rings (SSSR count). The van der Waals surface area contributed by atoms with Crippen LogP contribution in [0.4, 0.5) is 0 Å². The molecule has 0 fully saturated rings. The first kappa shape index (κ1) is 14.7. The van der Waals surface area contributed by atoms with Gasteiger partial charge < -0.3 is 14.6 Å². The molecule has 0 amide bonds. The van der Waals surface area contributed by atoms with Gasteiger partial charge in [0.15, 0.2) is 0 Å². The van der Waals surface area contributed by atoms with Gasteiger partial charge in [0, 0.05) is 6.08 Å². The first-order valence-corrected chi connectivity index (χ1v) is 6.50. The summed E-state index contributed by atoms with van der Waals surface area (Å²) in [4.78, 5) is 10.3. The van der Waals surface area contributed by atoms with E-state index in [4.69, 9.17) is 14.6 Å². The average Bonchev–Trinajstić information content (AvgIpc) is 2.47. The van der Waals surface area contributed by atoms with E-state index in [0.717, 1.165) is 11.8 Å². The summed E-state index contributed by atoms with van der Waals surface area (Å²) < 4.78 is 11.1. The van der Waals surface area contributed by atoms with Crippen LogP contribution in [0.3, 0.4) is 0 Å². The Hall–Kier alpha value is -2.75. The topological polar surface area (TPSA) is 55.8 Å². The summed E-state index contributed by atoms with van der Waals surface area (Å²) in [6.07, 6.45) is 2.49. The highest BCUT2D eigenvalue weighted by molar-refractivity contribution is 5.79.